The van der Waals surface area contributed by atoms with E-state index in [1.807, 2.05) is 84.3 Å². The Labute approximate surface area is 916 Å². The van der Waals surface area contributed by atoms with Gasteiger partial charge in [0.15, 0.2) is 0 Å². The van der Waals surface area contributed by atoms with Gasteiger partial charge in [-0.05, 0) is 256 Å². The number of aldehydes is 2. The molecule has 10 aromatic rings. The summed E-state index contributed by atoms with van der Waals surface area (Å²) in [6.45, 7) is 40.8. The van der Waals surface area contributed by atoms with Crippen LogP contribution in [0, 0.1) is 71.5 Å². The number of aromatic amines is 2. The number of nitrogens with two attached hydrogens (primary N) is 4. The van der Waals surface area contributed by atoms with Gasteiger partial charge in [-0.25, -0.2) is 9.97 Å². The summed E-state index contributed by atoms with van der Waals surface area (Å²) >= 11 is 0. The summed E-state index contributed by atoms with van der Waals surface area (Å²) in [6.07, 6.45) is 7.93. The minimum Gasteiger partial charge on any atom is -1.00 e. The Balaban J connectivity index is -0.000000862. The van der Waals surface area contributed by atoms with Crippen molar-refractivity contribution in [3.05, 3.63) is 230 Å². The number of rotatable bonds is 40. The van der Waals surface area contributed by atoms with Crippen molar-refractivity contribution in [2.24, 2.45) is 22.3 Å². The molecule has 0 bridgehead atoms. The molecule has 0 atom stereocenters. The Bertz CT molecular complexity index is 5720. The maximum absolute atomic E-state index is 10.8. The van der Waals surface area contributed by atoms with Crippen molar-refractivity contribution in [2.75, 3.05) is 121 Å². The van der Waals surface area contributed by atoms with Crippen LogP contribution in [0.5, 0.6) is 34.5 Å². The maximum atomic E-state index is 10.8. The molecule has 0 aliphatic carbocycles. The summed E-state index contributed by atoms with van der Waals surface area (Å²) in [4.78, 5) is 105. The van der Waals surface area contributed by atoms with Crippen molar-refractivity contribution in [1.82, 2.24) is 39.5 Å². The van der Waals surface area contributed by atoms with Gasteiger partial charge in [0.2, 0.25) is 0 Å². The molecule has 0 saturated carbocycles. The number of nitrogen functional groups attached to an aromatic ring is 2. The van der Waals surface area contributed by atoms with E-state index in [0.29, 0.717) is 86.8 Å². The van der Waals surface area contributed by atoms with Crippen molar-refractivity contribution in [3.8, 4) is 57.3 Å². The number of aliphatic hydroxyl groups excluding tert-OH is 2. The molecule has 2 heterocycles. The van der Waals surface area contributed by atoms with Crippen molar-refractivity contribution in [3.63, 3.8) is 0 Å². The number of hydrogen-bond acceptors (Lipinski definition) is 35. The normalized spacial score (nSPS) is 11.3. The molecule has 8 aromatic carbocycles. The van der Waals surface area contributed by atoms with Gasteiger partial charge in [-0.1, -0.05) is 90.1 Å². The van der Waals surface area contributed by atoms with Gasteiger partial charge in [0.1, 0.15) is 58.7 Å². The fourth-order valence-corrected chi connectivity index (χ4v) is 11.3. The Morgan fingerprint density at radius 2 is 0.581 bits per heavy atom. The Morgan fingerprint density at radius 1 is 0.345 bits per heavy atom. The zero-order chi connectivity index (χ0) is 111. The van der Waals surface area contributed by atoms with Gasteiger partial charge in [0, 0.05) is 107 Å². The largest absolute Gasteiger partial charge is 1.00 e. The molecule has 0 unspecified atom stereocenters. The number of nitrogens with one attached hydrogen (secondary N) is 2. The van der Waals surface area contributed by atoms with Crippen LogP contribution in [0.15, 0.2) is 158 Å². The van der Waals surface area contributed by atoms with Gasteiger partial charge < -0.3 is 94.0 Å². The van der Waals surface area contributed by atoms with Crippen molar-refractivity contribution in [1.29, 1.82) is 0 Å². The number of anilines is 2. The number of H-pyrrole nitrogens is 2. The van der Waals surface area contributed by atoms with Gasteiger partial charge in [-0.2, -0.15) is 0 Å². The molecule has 0 spiro atoms. The summed E-state index contributed by atoms with van der Waals surface area (Å²) < 4.78 is 59.3. The Kier molecular flexibility index (Phi) is 58.7. The van der Waals surface area contributed by atoms with E-state index in [0.717, 1.165) is 143 Å². The van der Waals surface area contributed by atoms with E-state index in [9.17, 15) is 70.3 Å². The van der Waals surface area contributed by atoms with Crippen LogP contribution in [0.25, 0.3) is 44.8 Å². The predicted molar refractivity (Wildman–Crippen MR) is 573 cm³/mol. The smallest absolute Gasteiger partial charge is 1.00 e. The molecular weight excluding hydrogens is 1960 g/mol. The van der Waals surface area contributed by atoms with Gasteiger partial charge in [-0.15, -0.1) is 12.6 Å². The summed E-state index contributed by atoms with van der Waals surface area (Å²) in [7, 11) is 13.3. The van der Waals surface area contributed by atoms with Crippen LogP contribution < -0.4 is 110 Å². The summed E-state index contributed by atoms with van der Waals surface area (Å²) in [6, 6.07) is 42.6. The third-order valence-corrected chi connectivity index (χ3v) is 23.2. The zero-order valence-electron chi connectivity index (χ0n) is 92.8. The molecule has 0 radical (unpaired) electrons. The van der Waals surface area contributed by atoms with E-state index >= 15 is 0 Å². The second-order valence-corrected chi connectivity index (χ2v) is 41.4. The van der Waals surface area contributed by atoms with Crippen LogP contribution in [0.1, 0.15) is 201 Å². The number of nitrogens with zero attached hydrogens (tertiary/aromatic N) is 12. The van der Waals surface area contributed by atoms with E-state index < -0.39 is 79.8 Å². The Hall–Kier alpha value is -11.9. The topological polar surface area (TPSA) is 614 Å². The number of ether oxygens (including phenoxy) is 6. The van der Waals surface area contributed by atoms with E-state index in [4.69, 9.17) is 84.2 Å². The number of hydrogen-bond donors (Lipinski definition) is 8. The van der Waals surface area contributed by atoms with Crippen molar-refractivity contribution in [2.45, 2.75) is 209 Å². The minimum atomic E-state index is -3.11. The third-order valence-electron chi connectivity index (χ3n) is 23.2. The molecule has 0 aliphatic heterocycles. The second-order valence-electron chi connectivity index (χ2n) is 41.0. The minimum absolute atomic E-state index is 0. The standard InChI is InChI=1S/C34H44N6O2.C13H19N3O5.C13H23N3O.C12H16N2O5.C11H15N3O5.C8H6O2.C6H14O.C5H13NO.2Na.O3S.H2.2H/c1-33(2,39(5)6)17-19-41-25-13-15-27-29(21-25)37-31(35-27)23-9-11-24(12-10-23)32-36-28-16-14-26(22-30(28)38-32)42-20-18-34(3,4)40(7)8;1-13(2,14(3)4)7-8-21-10-5-6-11(15(17)18)12(9-10)16(19)20;1-13(2,16(3)4)7-8-17-10-5-6-11(14)12(15)9-10;1-12(2,3)6-7-19-9-4-5-10(13(15)16)11(8-9)14(17)18;1-11(2,12)5-6-19-8-3-4-9(13(15)16)10(7-8)14(17)18;9-5-7-1-2-8(6-10)4-3-7;1-6(2,3)4-5-7;1-5(2,6)3-4-7;;;1-4(2)3;;;/h9-16,21-22H,17-20H2,1-8H3,(H,35,37)(H,36,38);5-6,9H,7-8H2,1-4H3;5-6,9H,7-8,14-15H2,1-4H3;4-5,8H,6-7H2,1-3H3;3-4,7H,5-6,12H2,1-2H3;1-6H;7H,4-5H2,1-3H3;7H,3-4,6H2,1-2H3;;;;1H;;/q;;;;;;;;2*+1;;;2*-1. The number of nitro benzene ring substituents is 6. The molecule has 0 amide bonds. The molecule has 148 heavy (non-hydrogen) atoms. The summed E-state index contributed by atoms with van der Waals surface area (Å²) in [5.41, 5.74) is 27.3. The molecular formula is C102H154N18Na2O25S. The van der Waals surface area contributed by atoms with Crippen LogP contribution in [0.3, 0.4) is 0 Å². The van der Waals surface area contributed by atoms with Gasteiger partial charge in [0.05, 0.1) is 121 Å². The van der Waals surface area contributed by atoms with E-state index in [1.54, 1.807) is 36.4 Å². The van der Waals surface area contributed by atoms with Crippen LogP contribution in [0.2, 0.25) is 0 Å². The van der Waals surface area contributed by atoms with Crippen LogP contribution in [-0.4, -0.2) is 247 Å². The number of aliphatic hydroxyl groups is 2. The van der Waals surface area contributed by atoms with Gasteiger partial charge in [0.25, 0.3) is 0 Å². The number of carbonyl (C=O) groups is 2. The quantitative estimate of drug-likeness (QED) is 0.00581. The van der Waals surface area contributed by atoms with Gasteiger partial charge in [-0.3, -0.25) is 70.3 Å². The number of nitro groups is 6. The van der Waals surface area contributed by atoms with Crippen LogP contribution in [0.4, 0.5) is 45.5 Å². The van der Waals surface area contributed by atoms with Crippen molar-refractivity contribution < 1.29 is 154 Å². The fraction of sp³-hybridized carbons (Fsp3) is 0.490. The number of fused-ring (bicyclic) bond motifs is 2. The molecule has 46 heteroatoms. The van der Waals surface area contributed by atoms with E-state index in [1.165, 1.54) is 18.2 Å². The Morgan fingerprint density at radius 3 is 0.797 bits per heavy atom. The van der Waals surface area contributed by atoms with Crippen LogP contribution >= 0.6 is 0 Å². The van der Waals surface area contributed by atoms with Crippen molar-refractivity contribution >= 4 is 90.7 Å². The monoisotopic (exact) mass is 2110 g/mol. The molecule has 0 fully saturated rings. The third kappa shape index (κ3) is 52.8. The zero-order valence-corrected chi connectivity index (χ0v) is 95.7. The molecule has 810 valence electrons. The molecule has 12 N–H and O–H groups in total. The predicted octanol–water partition coefficient (Wildman–Crippen LogP) is 13.2. The number of carbonyl (C=O) groups excluding carboxylic acids is 2. The average molecular weight is 2110 g/mol. The first-order valence-electron chi connectivity index (χ1n) is 46.6. The van der Waals surface area contributed by atoms with Crippen LogP contribution in [-0.2, 0) is 10.6 Å². The number of aromatic nitrogens is 4. The SMILES string of the molecule is CC(C)(C)CCO.CC(C)(C)CCOc1ccc([N+](=O)[O-])c([N+](=O)[O-])c1.CC(C)(N)CCO.CC(C)(N)CCOc1ccc([N+](=O)[O-])c([N+](=O)[O-])c1.CN(C)C(C)(C)CCOc1ccc(N)c(N)c1.CN(C)C(C)(C)CCOc1ccc([N+](=O)[O-])c([N+](=O)[O-])c1.CN(C)C(C)(C)CCOc1ccc2nc(-c3ccc(-c4nc5ccc(OCCC(C)(C)N(C)C)cc5[nH]4)cc3)[nH]c2c1.O=Cc1ccc(C=O)cc1.O=S(=O)=O.[H-].[H-].[HH].[Na+].[Na+]. The maximum Gasteiger partial charge on any atom is 1.00 e. The fourth-order valence-electron chi connectivity index (χ4n) is 11.3. The second kappa shape index (κ2) is 63.9. The first kappa shape index (κ1) is 136. The number of imidazole rings is 2. The molecule has 2 aromatic heterocycles. The summed E-state index contributed by atoms with van der Waals surface area (Å²) in [5.74, 6) is 4.84. The summed E-state index contributed by atoms with van der Waals surface area (Å²) in [5, 5.41) is 81.0. The number of benzene rings is 8. The molecule has 10 rings (SSSR count). The molecule has 43 nitrogen and oxygen atoms in total. The first-order chi connectivity index (χ1) is 67.5. The molecule has 0 saturated heterocycles. The van der Waals surface area contributed by atoms with E-state index in [2.05, 4.69) is 193 Å². The average Bonchev–Trinajstić information content (AvgIpc) is 1.65. The van der Waals surface area contributed by atoms with Gasteiger partial charge >= 0.3 is 104 Å². The van der Waals surface area contributed by atoms with E-state index in [-0.39, 0.29) is 127 Å². The first-order valence-corrected chi connectivity index (χ1v) is 47.6. The molecule has 0 aliphatic rings.